The molecule has 0 unspecified atom stereocenters. The van der Waals surface area contributed by atoms with E-state index in [1.54, 1.807) is 12.1 Å². The molecule has 0 aliphatic rings. The highest BCUT2D eigenvalue weighted by atomic mass is 32.2. The van der Waals surface area contributed by atoms with Gasteiger partial charge in [-0.3, -0.25) is 0 Å². The molecule has 1 aromatic rings. The predicted octanol–water partition coefficient (Wildman–Crippen LogP) is 3.98. The Labute approximate surface area is 84.8 Å². The molecule has 0 nitrogen and oxygen atoms in total. The maximum absolute atomic E-state index is 12.4. The van der Waals surface area contributed by atoms with Gasteiger partial charge in [-0.15, -0.1) is 18.3 Å². The van der Waals surface area contributed by atoms with Crippen LogP contribution < -0.4 is 0 Å². The van der Waals surface area contributed by atoms with E-state index in [-0.39, 0.29) is 4.90 Å². The fourth-order valence-corrected chi connectivity index (χ4v) is 1.79. The van der Waals surface area contributed by atoms with E-state index in [2.05, 4.69) is 6.58 Å². The molecular weight excluding hydrogens is 209 g/mol. The van der Waals surface area contributed by atoms with E-state index < -0.39 is 11.7 Å². The van der Waals surface area contributed by atoms with Gasteiger partial charge in [0.25, 0.3) is 0 Å². The van der Waals surface area contributed by atoms with Crippen LogP contribution in [0, 0.1) is 0 Å². The van der Waals surface area contributed by atoms with Crippen LogP contribution in [-0.4, -0.2) is 5.75 Å². The summed E-state index contributed by atoms with van der Waals surface area (Å²) >= 11 is 1.14. The van der Waals surface area contributed by atoms with E-state index >= 15 is 0 Å². The molecule has 0 radical (unpaired) electrons. The Kier molecular flexibility index (Phi) is 3.63. The summed E-state index contributed by atoms with van der Waals surface area (Å²) in [6.07, 6.45) is -2.69. The van der Waals surface area contributed by atoms with Crippen LogP contribution in [0.25, 0.3) is 0 Å². The molecule has 0 saturated heterocycles. The van der Waals surface area contributed by atoms with Crippen LogP contribution in [0.5, 0.6) is 0 Å². The largest absolute Gasteiger partial charge is 0.417 e. The summed E-state index contributed by atoms with van der Waals surface area (Å²) in [6.45, 7) is 3.47. The SMILES string of the molecule is C=CCSc1ccccc1C(F)(F)F. The number of hydrogen-bond donors (Lipinski definition) is 0. The van der Waals surface area contributed by atoms with Crippen LogP contribution in [0.3, 0.4) is 0 Å². The molecule has 1 aromatic carbocycles. The molecule has 4 heteroatoms. The number of hydrogen-bond acceptors (Lipinski definition) is 1. The van der Waals surface area contributed by atoms with E-state index in [1.165, 1.54) is 12.1 Å². The van der Waals surface area contributed by atoms with Crippen LogP contribution in [-0.2, 0) is 6.18 Å². The van der Waals surface area contributed by atoms with Crippen LogP contribution in [0.1, 0.15) is 5.56 Å². The maximum Gasteiger partial charge on any atom is 0.417 e. The lowest BCUT2D eigenvalue weighted by Crippen LogP contribution is -2.06. The summed E-state index contributed by atoms with van der Waals surface area (Å²) in [5, 5.41) is 0. The van der Waals surface area contributed by atoms with Gasteiger partial charge < -0.3 is 0 Å². The summed E-state index contributed by atoms with van der Waals surface area (Å²) in [5.74, 6) is 0.479. The first-order valence-corrected chi connectivity index (χ1v) is 4.94. The van der Waals surface area contributed by atoms with Crippen molar-refractivity contribution in [3.8, 4) is 0 Å². The molecule has 0 atom stereocenters. The van der Waals surface area contributed by atoms with Crippen LogP contribution in [0.4, 0.5) is 13.2 Å². The average Bonchev–Trinajstić information content (AvgIpc) is 2.14. The van der Waals surface area contributed by atoms with Crippen molar-refractivity contribution in [2.45, 2.75) is 11.1 Å². The molecule has 0 bridgehead atoms. The van der Waals surface area contributed by atoms with Gasteiger partial charge in [0, 0.05) is 10.6 Å². The van der Waals surface area contributed by atoms with Gasteiger partial charge in [-0.05, 0) is 12.1 Å². The lowest BCUT2D eigenvalue weighted by atomic mass is 10.2. The Balaban J connectivity index is 2.97. The molecule has 0 fully saturated rings. The van der Waals surface area contributed by atoms with Gasteiger partial charge in [-0.25, -0.2) is 0 Å². The number of alkyl halides is 3. The van der Waals surface area contributed by atoms with Crippen molar-refractivity contribution in [3.05, 3.63) is 42.5 Å². The van der Waals surface area contributed by atoms with Crippen molar-refractivity contribution in [1.82, 2.24) is 0 Å². The molecule has 0 heterocycles. The summed E-state index contributed by atoms with van der Waals surface area (Å²) in [7, 11) is 0. The van der Waals surface area contributed by atoms with Crippen molar-refractivity contribution in [2.75, 3.05) is 5.75 Å². The lowest BCUT2D eigenvalue weighted by molar-refractivity contribution is -0.139. The quantitative estimate of drug-likeness (QED) is 0.546. The van der Waals surface area contributed by atoms with E-state index in [4.69, 9.17) is 0 Å². The van der Waals surface area contributed by atoms with Gasteiger partial charge in [0.2, 0.25) is 0 Å². The van der Waals surface area contributed by atoms with Gasteiger partial charge in [0.1, 0.15) is 0 Å². The molecule has 0 aliphatic heterocycles. The zero-order valence-electron chi connectivity index (χ0n) is 7.34. The van der Waals surface area contributed by atoms with Crippen molar-refractivity contribution >= 4 is 11.8 Å². The fourth-order valence-electron chi connectivity index (χ4n) is 0.975. The molecule has 0 saturated carbocycles. The number of halogens is 3. The Bertz CT molecular complexity index is 317. The van der Waals surface area contributed by atoms with E-state index in [0.29, 0.717) is 5.75 Å². The third kappa shape index (κ3) is 2.80. The standard InChI is InChI=1S/C10H9F3S/c1-2-7-14-9-6-4-3-5-8(9)10(11,12)13/h2-6H,1,7H2. The van der Waals surface area contributed by atoms with Crippen molar-refractivity contribution in [2.24, 2.45) is 0 Å². The summed E-state index contributed by atoms with van der Waals surface area (Å²) < 4.78 is 37.3. The van der Waals surface area contributed by atoms with Gasteiger partial charge in [0.05, 0.1) is 5.56 Å². The van der Waals surface area contributed by atoms with Crippen LogP contribution in [0.15, 0.2) is 41.8 Å². The van der Waals surface area contributed by atoms with Crippen LogP contribution >= 0.6 is 11.8 Å². The summed E-state index contributed by atoms with van der Waals surface area (Å²) in [4.78, 5) is 0.250. The third-order valence-electron chi connectivity index (χ3n) is 1.55. The lowest BCUT2D eigenvalue weighted by Gasteiger charge is -2.10. The second kappa shape index (κ2) is 4.55. The van der Waals surface area contributed by atoms with E-state index in [9.17, 15) is 13.2 Å². The zero-order valence-corrected chi connectivity index (χ0v) is 8.16. The first-order valence-electron chi connectivity index (χ1n) is 3.95. The Morgan fingerprint density at radius 3 is 2.50 bits per heavy atom. The molecule has 0 spiro atoms. The molecular formula is C10H9F3S. The smallest absolute Gasteiger partial charge is 0.166 e. The highest BCUT2D eigenvalue weighted by Crippen LogP contribution is 2.36. The highest BCUT2D eigenvalue weighted by molar-refractivity contribution is 7.99. The van der Waals surface area contributed by atoms with Crippen molar-refractivity contribution < 1.29 is 13.2 Å². The van der Waals surface area contributed by atoms with Gasteiger partial charge in [-0.1, -0.05) is 18.2 Å². The first-order chi connectivity index (χ1) is 6.55. The fraction of sp³-hybridized carbons (Fsp3) is 0.200. The van der Waals surface area contributed by atoms with Gasteiger partial charge in [-0.2, -0.15) is 13.2 Å². The van der Waals surface area contributed by atoms with Gasteiger partial charge in [0.15, 0.2) is 0 Å². The Morgan fingerprint density at radius 1 is 1.29 bits per heavy atom. The third-order valence-corrected chi connectivity index (χ3v) is 2.62. The Morgan fingerprint density at radius 2 is 1.93 bits per heavy atom. The minimum absolute atomic E-state index is 0.250. The first kappa shape index (κ1) is 11.2. The van der Waals surface area contributed by atoms with Gasteiger partial charge >= 0.3 is 6.18 Å². The van der Waals surface area contributed by atoms with Crippen molar-refractivity contribution in [1.29, 1.82) is 0 Å². The molecule has 76 valence electrons. The van der Waals surface area contributed by atoms with E-state index in [0.717, 1.165) is 17.8 Å². The topological polar surface area (TPSA) is 0 Å². The molecule has 1 rings (SSSR count). The monoisotopic (exact) mass is 218 g/mol. The average molecular weight is 218 g/mol. The van der Waals surface area contributed by atoms with E-state index in [1.807, 2.05) is 0 Å². The Hall–Kier alpha value is -0.900. The second-order valence-electron chi connectivity index (χ2n) is 2.59. The summed E-state index contributed by atoms with van der Waals surface area (Å²) in [5.41, 5.74) is -0.577. The molecule has 0 aromatic heterocycles. The van der Waals surface area contributed by atoms with Crippen LogP contribution in [0.2, 0.25) is 0 Å². The minimum atomic E-state index is -4.27. The number of rotatable bonds is 3. The molecule has 0 aliphatic carbocycles. The number of benzene rings is 1. The van der Waals surface area contributed by atoms with Crippen molar-refractivity contribution in [3.63, 3.8) is 0 Å². The number of thioether (sulfide) groups is 1. The molecule has 14 heavy (non-hydrogen) atoms. The summed E-state index contributed by atoms with van der Waals surface area (Å²) in [6, 6.07) is 5.55. The maximum atomic E-state index is 12.4. The second-order valence-corrected chi connectivity index (χ2v) is 3.66. The molecule has 0 amide bonds. The predicted molar refractivity (Wildman–Crippen MR) is 52.4 cm³/mol. The zero-order chi connectivity index (χ0) is 10.6. The molecule has 0 N–H and O–H groups in total. The minimum Gasteiger partial charge on any atom is -0.166 e. The normalized spacial score (nSPS) is 11.4. The highest BCUT2D eigenvalue weighted by Gasteiger charge is 2.32.